The molecule has 5 rings (SSSR count). The first-order valence-electron chi connectivity index (χ1n) is 9.95. The molecule has 0 aliphatic carbocycles. The topological polar surface area (TPSA) is 81.8 Å². The van der Waals surface area contributed by atoms with Crippen LogP contribution in [0.1, 0.15) is 34.3 Å². The lowest BCUT2D eigenvalue weighted by molar-refractivity contribution is -0.136. The molecular weight excluding hydrogens is 368 g/mol. The summed E-state index contributed by atoms with van der Waals surface area (Å²) in [6, 6.07) is 13.5. The standard InChI is InChI=1S/C22H22N4O3/c27-19-9-8-18(21(28)24-19)26-13-15-5-3-4-14(20(15)22(26)29)12-25-11-10-23-16-6-1-2-7-17(16)25/h1-7,18,23H,8-13H2,(H,24,27,28). The number of rotatable bonds is 3. The Labute approximate surface area is 168 Å². The number of carbonyl (C=O) groups is 3. The monoisotopic (exact) mass is 390 g/mol. The van der Waals surface area contributed by atoms with E-state index in [0.29, 0.717) is 25.1 Å². The van der Waals surface area contributed by atoms with Gasteiger partial charge in [-0.1, -0.05) is 30.3 Å². The molecule has 2 N–H and O–H groups in total. The van der Waals surface area contributed by atoms with Crippen molar-refractivity contribution in [3.63, 3.8) is 0 Å². The second kappa shape index (κ2) is 6.92. The molecule has 7 nitrogen and oxygen atoms in total. The first-order chi connectivity index (χ1) is 14.1. The van der Waals surface area contributed by atoms with Crippen LogP contribution in [0.3, 0.4) is 0 Å². The van der Waals surface area contributed by atoms with Crippen LogP contribution in [0.15, 0.2) is 42.5 Å². The molecule has 1 unspecified atom stereocenters. The van der Waals surface area contributed by atoms with Crippen molar-refractivity contribution in [2.24, 2.45) is 0 Å². The normalized spacial score (nSPS) is 20.8. The first-order valence-corrected chi connectivity index (χ1v) is 9.95. The molecule has 2 aromatic rings. The minimum absolute atomic E-state index is 0.117. The number of nitrogens with zero attached hydrogens (tertiary/aromatic N) is 2. The largest absolute Gasteiger partial charge is 0.382 e. The summed E-state index contributed by atoms with van der Waals surface area (Å²) >= 11 is 0. The maximum Gasteiger partial charge on any atom is 0.255 e. The Morgan fingerprint density at radius 2 is 1.90 bits per heavy atom. The van der Waals surface area contributed by atoms with Crippen LogP contribution in [0.2, 0.25) is 0 Å². The third-order valence-electron chi connectivity index (χ3n) is 5.94. The predicted molar refractivity (Wildman–Crippen MR) is 108 cm³/mol. The van der Waals surface area contributed by atoms with Gasteiger partial charge in [0, 0.05) is 38.2 Å². The minimum atomic E-state index is -0.583. The number of anilines is 2. The van der Waals surface area contributed by atoms with E-state index >= 15 is 0 Å². The zero-order chi connectivity index (χ0) is 20.0. The van der Waals surface area contributed by atoms with Crippen LogP contribution in [0, 0.1) is 0 Å². The molecule has 3 aliphatic rings. The lowest BCUT2D eigenvalue weighted by Gasteiger charge is -2.32. The van der Waals surface area contributed by atoms with E-state index in [-0.39, 0.29) is 24.1 Å². The van der Waals surface area contributed by atoms with Gasteiger partial charge in [-0.3, -0.25) is 19.7 Å². The molecule has 0 aromatic heterocycles. The van der Waals surface area contributed by atoms with Gasteiger partial charge in [0.05, 0.1) is 11.4 Å². The minimum Gasteiger partial charge on any atom is -0.382 e. The summed E-state index contributed by atoms with van der Waals surface area (Å²) in [5, 5.41) is 5.77. The highest BCUT2D eigenvalue weighted by molar-refractivity contribution is 6.06. The number of benzene rings is 2. The molecular formula is C22H22N4O3. The maximum atomic E-state index is 13.3. The van der Waals surface area contributed by atoms with Crippen LogP contribution in [0.25, 0.3) is 0 Å². The summed E-state index contributed by atoms with van der Waals surface area (Å²) < 4.78 is 0. The Morgan fingerprint density at radius 3 is 2.76 bits per heavy atom. The van der Waals surface area contributed by atoms with E-state index < -0.39 is 6.04 Å². The van der Waals surface area contributed by atoms with E-state index in [1.165, 1.54) is 0 Å². The summed E-state index contributed by atoms with van der Waals surface area (Å²) in [7, 11) is 0. The summed E-state index contributed by atoms with van der Waals surface area (Å²) in [6.45, 7) is 2.75. The van der Waals surface area contributed by atoms with Gasteiger partial charge in [-0.15, -0.1) is 0 Å². The Morgan fingerprint density at radius 1 is 1.03 bits per heavy atom. The number of hydrogen-bond donors (Lipinski definition) is 2. The van der Waals surface area contributed by atoms with E-state index in [0.717, 1.165) is 35.6 Å². The number of fused-ring (bicyclic) bond motifs is 2. The Kier molecular flexibility index (Phi) is 4.23. The average molecular weight is 390 g/mol. The van der Waals surface area contributed by atoms with Gasteiger partial charge in [-0.2, -0.15) is 0 Å². The van der Waals surface area contributed by atoms with Crippen LogP contribution in [-0.4, -0.2) is 41.8 Å². The van der Waals surface area contributed by atoms with Crippen molar-refractivity contribution in [3.05, 3.63) is 59.2 Å². The summed E-state index contributed by atoms with van der Waals surface area (Å²) in [5.74, 6) is -0.762. The second-order valence-electron chi connectivity index (χ2n) is 7.72. The van der Waals surface area contributed by atoms with Crippen molar-refractivity contribution in [1.29, 1.82) is 0 Å². The smallest absolute Gasteiger partial charge is 0.255 e. The molecule has 0 radical (unpaired) electrons. The van der Waals surface area contributed by atoms with E-state index in [4.69, 9.17) is 0 Å². The number of piperidine rings is 1. The molecule has 148 valence electrons. The quantitative estimate of drug-likeness (QED) is 0.782. The van der Waals surface area contributed by atoms with Crippen molar-refractivity contribution in [3.8, 4) is 0 Å². The molecule has 7 heteroatoms. The van der Waals surface area contributed by atoms with Crippen molar-refractivity contribution in [2.75, 3.05) is 23.3 Å². The number of amides is 3. The van der Waals surface area contributed by atoms with E-state index in [1.807, 2.05) is 30.3 Å². The molecule has 0 saturated carbocycles. The zero-order valence-corrected chi connectivity index (χ0v) is 16.0. The van der Waals surface area contributed by atoms with Crippen LogP contribution in [0.5, 0.6) is 0 Å². The number of para-hydroxylation sites is 2. The SMILES string of the molecule is O=C1CCC(N2Cc3cccc(CN4CCNc5ccccc54)c3C2=O)C(=O)N1. The van der Waals surface area contributed by atoms with Crippen LogP contribution >= 0.6 is 0 Å². The summed E-state index contributed by atoms with van der Waals surface area (Å²) in [5.41, 5.74) is 4.85. The van der Waals surface area contributed by atoms with Crippen LogP contribution in [0.4, 0.5) is 11.4 Å². The molecule has 29 heavy (non-hydrogen) atoms. The fraction of sp³-hybridized carbons (Fsp3) is 0.318. The average Bonchev–Trinajstić information content (AvgIpc) is 3.06. The Hall–Kier alpha value is -3.35. The van der Waals surface area contributed by atoms with Gasteiger partial charge in [-0.25, -0.2) is 0 Å². The van der Waals surface area contributed by atoms with Gasteiger partial charge in [0.15, 0.2) is 0 Å². The predicted octanol–water partition coefficient (Wildman–Crippen LogP) is 1.88. The first kappa shape index (κ1) is 17.7. The summed E-state index contributed by atoms with van der Waals surface area (Å²) in [6.07, 6.45) is 0.645. The zero-order valence-electron chi connectivity index (χ0n) is 16.0. The van der Waals surface area contributed by atoms with E-state index in [9.17, 15) is 14.4 Å². The fourth-order valence-electron chi connectivity index (χ4n) is 4.54. The highest BCUT2D eigenvalue weighted by Crippen LogP contribution is 2.33. The molecule has 3 aliphatic heterocycles. The maximum absolute atomic E-state index is 13.3. The van der Waals surface area contributed by atoms with Gasteiger partial charge in [-0.05, 0) is 29.7 Å². The number of nitrogens with one attached hydrogen (secondary N) is 2. The Balaban J connectivity index is 1.43. The van der Waals surface area contributed by atoms with Crippen LogP contribution < -0.4 is 15.5 Å². The Bertz CT molecular complexity index is 1020. The van der Waals surface area contributed by atoms with Crippen molar-refractivity contribution in [1.82, 2.24) is 10.2 Å². The molecule has 1 fully saturated rings. The van der Waals surface area contributed by atoms with E-state index in [2.05, 4.69) is 27.7 Å². The molecule has 0 bridgehead atoms. The number of imide groups is 1. The molecule has 1 atom stereocenters. The van der Waals surface area contributed by atoms with Crippen molar-refractivity contribution >= 4 is 29.1 Å². The van der Waals surface area contributed by atoms with Crippen molar-refractivity contribution in [2.45, 2.75) is 32.0 Å². The lowest BCUT2D eigenvalue weighted by Crippen LogP contribution is -2.52. The van der Waals surface area contributed by atoms with E-state index in [1.54, 1.807) is 4.90 Å². The molecule has 2 aromatic carbocycles. The fourth-order valence-corrected chi connectivity index (χ4v) is 4.54. The molecule has 3 heterocycles. The van der Waals surface area contributed by atoms with Gasteiger partial charge >= 0.3 is 0 Å². The lowest BCUT2D eigenvalue weighted by atomic mass is 10.0. The molecule has 1 saturated heterocycles. The van der Waals surface area contributed by atoms with Gasteiger partial charge in [0.25, 0.3) is 5.91 Å². The molecule has 3 amide bonds. The van der Waals surface area contributed by atoms with Gasteiger partial charge in [0.1, 0.15) is 6.04 Å². The van der Waals surface area contributed by atoms with Crippen molar-refractivity contribution < 1.29 is 14.4 Å². The third-order valence-corrected chi connectivity index (χ3v) is 5.94. The molecule has 0 spiro atoms. The van der Waals surface area contributed by atoms with Crippen LogP contribution in [-0.2, 0) is 22.7 Å². The third kappa shape index (κ3) is 3.03. The number of carbonyl (C=O) groups excluding carboxylic acids is 3. The number of hydrogen-bond acceptors (Lipinski definition) is 5. The van der Waals surface area contributed by atoms with Gasteiger partial charge < -0.3 is 15.1 Å². The summed E-state index contributed by atoms with van der Waals surface area (Å²) in [4.78, 5) is 40.9. The van der Waals surface area contributed by atoms with Gasteiger partial charge in [0.2, 0.25) is 11.8 Å². The second-order valence-corrected chi connectivity index (χ2v) is 7.72. The highest BCUT2D eigenvalue weighted by Gasteiger charge is 2.40. The highest BCUT2D eigenvalue weighted by atomic mass is 16.2.